The monoisotopic (exact) mass is 236 g/mol. The van der Waals surface area contributed by atoms with E-state index in [4.69, 9.17) is 9.47 Å². The number of aliphatic hydroxyl groups is 1. The van der Waals surface area contributed by atoms with Gasteiger partial charge in [0.25, 0.3) is 0 Å². The van der Waals surface area contributed by atoms with Crippen LogP contribution >= 0.6 is 0 Å². The van der Waals surface area contributed by atoms with E-state index in [1.54, 1.807) is 0 Å². The molecule has 0 spiro atoms. The molecule has 1 aliphatic heterocycles. The van der Waals surface area contributed by atoms with Crippen LogP contribution in [0.25, 0.3) is 0 Å². The van der Waals surface area contributed by atoms with Crippen molar-refractivity contribution in [1.29, 1.82) is 0 Å². The molecule has 3 heteroatoms. The predicted octanol–water partition coefficient (Wildman–Crippen LogP) is 2.54. The van der Waals surface area contributed by atoms with Crippen molar-refractivity contribution in [3.63, 3.8) is 0 Å². The number of rotatable bonds is 4. The Hall–Kier alpha value is -1.06. The second kappa shape index (κ2) is 5.52. The van der Waals surface area contributed by atoms with Crippen molar-refractivity contribution < 1.29 is 14.6 Å². The first-order valence-electron chi connectivity index (χ1n) is 6.24. The molecule has 1 fully saturated rings. The Morgan fingerprint density at radius 1 is 1.41 bits per heavy atom. The van der Waals surface area contributed by atoms with E-state index in [9.17, 15) is 5.11 Å². The van der Waals surface area contributed by atoms with E-state index in [1.807, 2.05) is 38.1 Å². The van der Waals surface area contributed by atoms with Crippen LogP contribution in [0.1, 0.15) is 31.9 Å². The van der Waals surface area contributed by atoms with Gasteiger partial charge in [0.2, 0.25) is 0 Å². The van der Waals surface area contributed by atoms with Crippen LogP contribution < -0.4 is 4.74 Å². The number of hydrogen-bond acceptors (Lipinski definition) is 3. The lowest BCUT2D eigenvalue weighted by Crippen LogP contribution is -2.19. The number of aliphatic hydroxyl groups excluding tert-OH is 1. The van der Waals surface area contributed by atoms with E-state index in [0.29, 0.717) is 6.61 Å². The third kappa shape index (κ3) is 2.79. The van der Waals surface area contributed by atoms with E-state index >= 15 is 0 Å². The SMILES string of the molecule is CCOc1ccc(C(O)C2CCOC2C)cc1. The fourth-order valence-corrected chi connectivity index (χ4v) is 2.34. The van der Waals surface area contributed by atoms with Gasteiger partial charge in [-0.15, -0.1) is 0 Å². The summed E-state index contributed by atoms with van der Waals surface area (Å²) in [7, 11) is 0. The van der Waals surface area contributed by atoms with Crippen molar-refractivity contribution in [3.8, 4) is 5.75 Å². The third-order valence-corrected chi connectivity index (χ3v) is 3.37. The molecule has 0 saturated carbocycles. The number of hydrogen-bond donors (Lipinski definition) is 1. The molecule has 1 aliphatic rings. The van der Waals surface area contributed by atoms with Crippen molar-refractivity contribution in [1.82, 2.24) is 0 Å². The summed E-state index contributed by atoms with van der Waals surface area (Å²) in [6.07, 6.45) is 0.620. The molecule has 0 radical (unpaired) electrons. The van der Waals surface area contributed by atoms with Crippen molar-refractivity contribution >= 4 is 0 Å². The zero-order chi connectivity index (χ0) is 12.3. The zero-order valence-corrected chi connectivity index (χ0v) is 10.4. The molecule has 1 N–H and O–H groups in total. The molecule has 0 bridgehead atoms. The van der Waals surface area contributed by atoms with E-state index in [-0.39, 0.29) is 12.0 Å². The fourth-order valence-electron chi connectivity index (χ4n) is 2.34. The summed E-state index contributed by atoms with van der Waals surface area (Å²) in [5.41, 5.74) is 0.941. The largest absolute Gasteiger partial charge is 0.494 e. The molecule has 2 rings (SSSR count). The van der Waals surface area contributed by atoms with Crippen molar-refractivity contribution in [2.24, 2.45) is 5.92 Å². The first-order valence-corrected chi connectivity index (χ1v) is 6.24. The van der Waals surface area contributed by atoms with Crippen LogP contribution in [0.5, 0.6) is 5.75 Å². The third-order valence-electron chi connectivity index (χ3n) is 3.37. The average molecular weight is 236 g/mol. The molecule has 1 aromatic carbocycles. The average Bonchev–Trinajstić information content (AvgIpc) is 2.76. The lowest BCUT2D eigenvalue weighted by molar-refractivity contribution is 0.0431. The maximum absolute atomic E-state index is 10.3. The highest BCUT2D eigenvalue weighted by Gasteiger charge is 2.31. The Morgan fingerprint density at radius 2 is 2.12 bits per heavy atom. The smallest absolute Gasteiger partial charge is 0.119 e. The fraction of sp³-hybridized carbons (Fsp3) is 0.571. The lowest BCUT2D eigenvalue weighted by Gasteiger charge is -2.21. The molecule has 17 heavy (non-hydrogen) atoms. The molecule has 3 nitrogen and oxygen atoms in total. The van der Waals surface area contributed by atoms with E-state index < -0.39 is 6.10 Å². The van der Waals surface area contributed by atoms with E-state index in [2.05, 4.69) is 0 Å². The molecule has 3 unspecified atom stereocenters. The Morgan fingerprint density at radius 3 is 2.65 bits per heavy atom. The summed E-state index contributed by atoms with van der Waals surface area (Å²) in [4.78, 5) is 0. The Kier molecular flexibility index (Phi) is 4.02. The van der Waals surface area contributed by atoms with Gasteiger partial charge in [-0.3, -0.25) is 0 Å². The van der Waals surface area contributed by atoms with Crippen LogP contribution in [-0.2, 0) is 4.74 Å². The summed E-state index contributed by atoms with van der Waals surface area (Å²) in [5, 5.41) is 10.3. The summed E-state index contributed by atoms with van der Waals surface area (Å²) in [6.45, 7) is 5.39. The molecule has 1 saturated heterocycles. The molecule has 1 heterocycles. The Balaban J connectivity index is 2.05. The first kappa shape index (κ1) is 12.4. The standard InChI is InChI=1S/C14H20O3/c1-3-16-12-6-4-11(5-7-12)14(15)13-8-9-17-10(13)2/h4-7,10,13-15H,3,8-9H2,1-2H3. The molecular weight excluding hydrogens is 216 g/mol. The lowest BCUT2D eigenvalue weighted by atomic mass is 9.91. The van der Waals surface area contributed by atoms with Gasteiger partial charge < -0.3 is 14.6 Å². The second-order valence-corrected chi connectivity index (χ2v) is 4.48. The topological polar surface area (TPSA) is 38.7 Å². The van der Waals surface area contributed by atoms with Crippen molar-refractivity contribution in [2.45, 2.75) is 32.5 Å². The summed E-state index contributed by atoms with van der Waals surface area (Å²) in [5.74, 6) is 1.05. The summed E-state index contributed by atoms with van der Waals surface area (Å²) >= 11 is 0. The van der Waals surface area contributed by atoms with E-state index in [0.717, 1.165) is 24.3 Å². The van der Waals surface area contributed by atoms with Gasteiger partial charge >= 0.3 is 0 Å². The van der Waals surface area contributed by atoms with Gasteiger partial charge in [0.1, 0.15) is 5.75 Å². The van der Waals surface area contributed by atoms with Crippen LogP contribution in [0, 0.1) is 5.92 Å². The number of benzene rings is 1. The van der Waals surface area contributed by atoms with Crippen LogP contribution in [-0.4, -0.2) is 24.4 Å². The minimum absolute atomic E-state index is 0.136. The van der Waals surface area contributed by atoms with Gasteiger partial charge in [-0.25, -0.2) is 0 Å². The highest BCUT2D eigenvalue weighted by Crippen LogP contribution is 2.33. The maximum Gasteiger partial charge on any atom is 0.119 e. The normalized spacial score (nSPS) is 25.8. The van der Waals surface area contributed by atoms with Crippen LogP contribution in [0.4, 0.5) is 0 Å². The molecule has 0 amide bonds. The quantitative estimate of drug-likeness (QED) is 0.873. The highest BCUT2D eigenvalue weighted by atomic mass is 16.5. The van der Waals surface area contributed by atoms with Gasteiger partial charge in [-0.05, 0) is 38.0 Å². The zero-order valence-electron chi connectivity index (χ0n) is 10.4. The van der Waals surface area contributed by atoms with Gasteiger partial charge in [0, 0.05) is 12.5 Å². The van der Waals surface area contributed by atoms with Gasteiger partial charge in [0.15, 0.2) is 0 Å². The van der Waals surface area contributed by atoms with E-state index in [1.165, 1.54) is 0 Å². The van der Waals surface area contributed by atoms with Crippen LogP contribution in [0.15, 0.2) is 24.3 Å². The second-order valence-electron chi connectivity index (χ2n) is 4.48. The van der Waals surface area contributed by atoms with Gasteiger partial charge in [-0.1, -0.05) is 12.1 Å². The van der Waals surface area contributed by atoms with Crippen LogP contribution in [0.2, 0.25) is 0 Å². The summed E-state index contributed by atoms with van der Waals surface area (Å²) in [6, 6.07) is 7.67. The minimum Gasteiger partial charge on any atom is -0.494 e. The Bertz CT molecular complexity index is 347. The van der Waals surface area contributed by atoms with Crippen molar-refractivity contribution in [2.75, 3.05) is 13.2 Å². The predicted molar refractivity (Wildman–Crippen MR) is 66.1 cm³/mol. The number of ether oxygens (including phenoxy) is 2. The first-order chi connectivity index (χ1) is 8.22. The van der Waals surface area contributed by atoms with Crippen LogP contribution in [0.3, 0.4) is 0 Å². The highest BCUT2D eigenvalue weighted by molar-refractivity contribution is 5.29. The molecule has 1 aromatic rings. The Labute approximate surface area is 102 Å². The van der Waals surface area contributed by atoms with Crippen molar-refractivity contribution in [3.05, 3.63) is 29.8 Å². The van der Waals surface area contributed by atoms with Gasteiger partial charge in [-0.2, -0.15) is 0 Å². The molecule has 94 valence electrons. The molecule has 0 aliphatic carbocycles. The molecule has 3 atom stereocenters. The molecular formula is C14H20O3. The minimum atomic E-state index is -0.442. The summed E-state index contributed by atoms with van der Waals surface area (Å²) < 4.78 is 10.9. The molecule has 0 aromatic heterocycles. The maximum atomic E-state index is 10.3. The van der Waals surface area contributed by atoms with Gasteiger partial charge in [0.05, 0.1) is 18.8 Å².